The standard InChI is InChI=1S/C21H23N5O2/c1-28-19-10-6-5-9-17(19)26-20(23-15-24-26)13-18-21(27)22-11-12-25(18)14-16-7-3-2-4-8-16/h2-10,15,18H,11-14H2,1H3,(H,22,27). The lowest BCUT2D eigenvalue weighted by molar-refractivity contribution is -0.129. The SMILES string of the molecule is COc1ccccc1-n1ncnc1CC1C(=O)NCCN1Cc1ccccc1. The Morgan fingerprint density at radius 1 is 1.14 bits per heavy atom. The van der Waals surface area contributed by atoms with E-state index in [1.807, 2.05) is 42.5 Å². The first-order valence-corrected chi connectivity index (χ1v) is 9.34. The Morgan fingerprint density at radius 3 is 2.75 bits per heavy atom. The Balaban J connectivity index is 1.60. The van der Waals surface area contributed by atoms with Gasteiger partial charge in [-0.15, -0.1) is 0 Å². The third-order valence-corrected chi connectivity index (χ3v) is 4.98. The largest absolute Gasteiger partial charge is 0.494 e. The third-order valence-electron chi connectivity index (χ3n) is 4.98. The summed E-state index contributed by atoms with van der Waals surface area (Å²) in [4.78, 5) is 19.3. The van der Waals surface area contributed by atoms with Crippen LogP contribution in [-0.4, -0.2) is 51.8 Å². The van der Waals surface area contributed by atoms with Crippen LogP contribution in [0.5, 0.6) is 5.75 Å². The molecule has 7 nitrogen and oxygen atoms in total. The fraction of sp³-hybridized carbons (Fsp3) is 0.286. The molecule has 1 saturated heterocycles. The highest BCUT2D eigenvalue weighted by Crippen LogP contribution is 2.23. The zero-order valence-corrected chi connectivity index (χ0v) is 15.8. The van der Waals surface area contributed by atoms with Gasteiger partial charge in [0.1, 0.15) is 23.6 Å². The highest BCUT2D eigenvalue weighted by atomic mass is 16.5. The second kappa shape index (κ2) is 8.22. The molecule has 1 atom stereocenters. The van der Waals surface area contributed by atoms with Crippen LogP contribution in [0.2, 0.25) is 0 Å². The fourth-order valence-corrected chi connectivity index (χ4v) is 3.57. The average Bonchev–Trinajstić information content (AvgIpc) is 3.19. The monoisotopic (exact) mass is 377 g/mol. The van der Waals surface area contributed by atoms with Crippen molar-refractivity contribution in [3.05, 3.63) is 72.3 Å². The lowest BCUT2D eigenvalue weighted by atomic mass is 10.1. The summed E-state index contributed by atoms with van der Waals surface area (Å²) < 4.78 is 7.21. The van der Waals surface area contributed by atoms with Gasteiger partial charge in [0, 0.05) is 26.1 Å². The molecule has 1 amide bonds. The second-order valence-corrected chi connectivity index (χ2v) is 6.73. The summed E-state index contributed by atoms with van der Waals surface area (Å²) in [7, 11) is 1.63. The summed E-state index contributed by atoms with van der Waals surface area (Å²) in [6.45, 7) is 2.18. The number of nitrogens with one attached hydrogen (secondary N) is 1. The van der Waals surface area contributed by atoms with Crippen molar-refractivity contribution in [2.24, 2.45) is 0 Å². The first-order valence-electron chi connectivity index (χ1n) is 9.34. The Labute approximate surface area is 164 Å². The highest BCUT2D eigenvalue weighted by Gasteiger charge is 2.31. The Kier molecular flexibility index (Phi) is 5.34. The van der Waals surface area contributed by atoms with Gasteiger partial charge in [-0.1, -0.05) is 42.5 Å². The van der Waals surface area contributed by atoms with Gasteiger partial charge in [0.2, 0.25) is 5.91 Å². The van der Waals surface area contributed by atoms with Crippen LogP contribution in [0, 0.1) is 0 Å². The molecule has 1 aromatic heterocycles. The number of carbonyl (C=O) groups excluding carboxylic acids is 1. The molecule has 0 spiro atoms. The van der Waals surface area contributed by atoms with E-state index in [1.54, 1.807) is 11.8 Å². The van der Waals surface area contributed by atoms with E-state index >= 15 is 0 Å². The molecule has 1 aliphatic rings. The molecule has 1 unspecified atom stereocenters. The highest BCUT2D eigenvalue weighted by molar-refractivity contribution is 5.82. The number of hydrogen-bond donors (Lipinski definition) is 1. The van der Waals surface area contributed by atoms with Gasteiger partial charge < -0.3 is 10.1 Å². The third kappa shape index (κ3) is 3.75. The normalized spacial score (nSPS) is 17.3. The smallest absolute Gasteiger partial charge is 0.237 e. The number of para-hydroxylation sites is 2. The van der Waals surface area contributed by atoms with Crippen molar-refractivity contribution in [3.63, 3.8) is 0 Å². The van der Waals surface area contributed by atoms with Crippen molar-refractivity contribution < 1.29 is 9.53 Å². The van der Waals surface area contributed by atoms with E-state index in [4.69, 9.17) is 4.74 Å². The molecule has 0 bridgehead atoms. The van der Waals surface area contributed by atoms with Crippen molar-refractivity contribution >= 4 is 5.91 Å². The number of methoxy groups -OCH3 is 1. The maximum atomic E-state index is 12.7. The lowest BCUT2D eigenvalue weighted by Gasteiger charge is -2.34. The van der Waals surface area contributed by atoms with E-state index in [1.165, 1.54) is 11.9 Å². The van der Waals surface area contributed by atoms with Crippen molar-refractivity contribution in [1.29, 1.82) is 0 Å². The van der Waals surface area contributed by atoms with Crippen molar-refractivity contribution in [1.82, 2.24) is 25.0 Å². The maximum absolute atomic E-state index is 12.7. The molecule has 0 aliphatic carbocycles. The molecule has 144 valence electrons. The molecule has 3 aromatic rings. The van der Waals surface area contributed by atoms with Gasteiger partial charge in [-0.25, -0.2) is 9.67 Å². The average molecular weight is 377 g/mol. The van der Waals surface area contributed by atoms with E-state index in [-0.39, 0.29) is 11.9 Å². The number of aromatic nitrogens is 3. The van der Waals surface area contributed by atoms with E-state index in [2.05, 4.69) is 32.4 Å². The Morgan fingerprint density at radius 2 is 1.93 bits per heavy atom. The zero-order valence-electron chi connectivity index (χ0n) is 15.8. The van der Waals surface area contributed by atoms with E-state index in [0.29, 0.717) is 18.7 Å². The minimum Gasteiger partial charge on any atom is -0.494 e. The maximum Gasteiger partial charge on any atom is 0.237 e. The molecule has 0 radical (unpaired) electrons. The zero-order chi connectivity index (χ0) is 19.3. The number of piperazine rings is 1. The van der Waals surface area contributed by atoms with Gasteiger partial charge in [0.15, 0.2) is 0 Å². The summed E-state index contributed by atoms with van der Waals surface area (Å²) in [5.74, 6) is 1.46. The summed E-state index contributed by atoms with van der Waals surface area (Å²) >= 11 is 0. The number of amides is 1. The van der Waals surface area contributed by atoms with Crippen molar-refractivity contribution in [2.45, 2.75) is 19.0 Å². The van der Waals surface area contributed by atoms with Crippen LogP contribution in [-0.2, 0) is 17.8 Å². The van der Waals surface area contributed by atoms with Crippen LogP contribution < -0.4 is 10.1 Å². The molecular weight excluding hydrogens is 354 g/mol. The molecule has 1 aliphatic heterocycles. The first kappa shape index (κ1) is 18.2. The van der Waals surface area contributed by atoms with Crippen molar-refractivity contribution in [2.75, 3.05) is 20.2 Å². The van der Waals surface area contributed by atoms with Gasteiger partial charge in [-0.2, -0.15) is 5.10 Å². The Bertz CT molecular complexity index is 941. The minimum atomic E-state index is -0.299. The summed E-state index contributed by atoms with van der Waals surface area (Å²) in [5.41, 5.74) is 2.00. The second-order valence-electron chi connectivity index (χ2n) is 6.73. The first-order chi connectivity index (χ1) is 13.8. The molecule has 28 heavy (non-hydrogen) atoms. The molecule has 4 rings (SSSR count). The van der Waals surface area contributed by atoms with Crippen molar-refractivity contribution in [3.8, 4) is 11.4 Å². The van der Waals surface area contributed by atoms with Gasteiger partial charge in [0.05, 0.1) is 13.2 Å². The predicted octanol–water partition coefficient (Wildman–Crippen LogP) is 1.82. The molecule has 7 heteroatoms. The van der Waals surface area contributed by atoms with Crippen LogP contribution in [0.1, 0.15) is 11.4 Å². The molecule has 2 heterocycles. The number of ether oxygens (including phenoxy) is 1. The molecule has 1 N–H and O–H groups in total. The minimum absolute atomic E-state index is 0.0248. The van der Waals surface area contributed by atoms with Crippen LogP contribution in [0.4, 0.5) is 0 Å². The predicted molar refractivity (Wildman–Crippen MR) is 105 cm³/mol. The number of benzene rings is 2. The molecular formula is C21H23N5O2. The van der Waals surface area contributed by atoms with Gasteiger partial charge in [-0.3, -0.25) is 9.69 Å². The number of carbonyl (C=O) groups is 1. The summed E-state index contributed by atoms with van der Waals surface area (Å²) in [6, 6.07) is 17.6. The summed E-state index contributed by atoms with van der Waals surface area (Å²) in [5, 5.41) is 7.35. The topological polar surface area (TPSA) is 72.3 Å². The van der Waals surface area contributed by atoms with E-state index in [0.717, 1.165) is 24.6 Å². The molecule has 2 aromatic carbocycles. The van der Waals surface area contributed by atoms with Gasteiger partial charge in [0.25, 0.3) is 0 Å². The summed E-state index contributed by atoms with van der Waals surface area (Å²) in [6.07, 6.45) is 1.99. The van der Waals surface area contributed by atoms with E-state index in [9.17, 15) is 4.79 Å². The quantitative estimate of drug-likeness (QED) is 0.709. The Hall–Kier alpha value is -3.19. The fourth-order valence-electron chi connectivity index (χ4n) is 3.57. The number of rotatable bonds is 6. The van der Waals surface area contributed by atoms with Crippen LogP contribution >= 0.6 is 0 Å². The lowest BCUT2D eigenvalue weighted by Crippen LogP contribution is -2.55. The van der Waals surface area contributed by atoms with Gasteiger partial charge in [-0.05, 0) is 17.7 Å². The number of nitrogens with zero attached hydrogens (tertiary/aromatic N) is 4. The van der Waals surface area contributed by atoms with Crippen LogP contribution in [0.15, 0.2) is 60.9 Å². The molecule has 0 saturated carbocycles. The molecule has 1 fully saturated rings. The van der Waals surface area contributed by atoms with Crippen LogP contribution in [0.3, 0.4) is 0 Å². The van der Waals surface area contributed by atoms with E-state index < -0.39 is 0 Å². The number of hydrogen-bond acceptors (Lipinski definition) is 5. The van der Waals surface area contributed by atoms with Gasteiger partial charge >= 0.3 is 0 Å². The van der Waals surface area contributed by atoms with Crippen LogP contribution in [0.25, 0.3) is 5.69 Å².